The second-order valence-corrected chi connectivity index (χ2v) is 5.57. The van der Waals surface area contributed by atoms with E-state index in [0.717, 1.165) is 6.42 Å². The molecule has 0 saturated carbocycles. The molecule has 1 aromatic heterocycles. The van der Waals surface area contributed by atoms with Crippen LogP contribution >= 0.6 is 0 Å². The SMILES string of the molecule is Cn1c[n+]2c(n1)CC[C@@H]2CC(C)(C)C. The number of rotatable bonds is 1. The summed E-state index contributed by atoms with van der Waals surface area (Å²) >= 11 is 0. The molecule has 0 saturated heterocycles. The Morgan fingerprint density at radius 2 is 2.29 bits per heavy atom. The van der Waals surface area contributed by atoms with Crippen LogP contribution in [0.3, 0.4) is 0 Å². The van der Waals surface area contributed by atoms with E-state index in [1.165, 1.54) is 18.7 Å². The zero-order chi connectivity index (χ0) is 10.3. The molecule has 0 unspecified atom stereocenters. The molecule has 1 aliphatic rings. The Labute approximate surface area is 85.7 Å². The first-order valence-corrected chi connectivity index (χ1v) is 5.39. The van der Waals surface area contributed by atoms with Gasteiger partial charge in [-0.25, -0.2) is 4.57 Å². The highest BCUT2D eigenvalue weighted by Crippen LogP contribution is 2.29. The lowest BCUT2D eigenvalue weighted by Crippen LogP contribution is -2.38. The predicted octanol–water partition coefficient (Wildman–Crippen LogP) is 1.63. The average Bonchev–Trinajstić information content (AvgIpc) is 2.49. The van der Waals surface area contributed by atoms with Crippen molar-refractivity contribution in [1.82, 2.24) is 9.78 Å². The fourth-order valence-electron chi connectivity index (χ4n) is 2.33. The minimum Gasteiger partial charge on any atom is -0.232 e. The average molecular weight is 194 g/mol. The normalized spacial score (nSPS) is 21.3. The van der Waals surface area contributed by atoms with Gasteiger partial charge >= 0.3 is 0 Å². The number of fused-ring (bicyclic) bond motifs is 1. The molecule has 2 heterocycles. The summed E-state index contributed by atoms with van der Waals surface area (Å²) in [6.07, 6.45) is 5.77. The molecule has 0 N–H and O–H groups in total. The molecular formula is C11H20N3+. The number of hydrogen-bond donors (Lipinski definition) is 0. The molecule has 1 aromatic rings. The fourth-order valence-corrected chi connectivity index (χ4v) is 2.33. The van der Waals surface area contributed by atoms with E-state index in [-0.39, 0.29) is 0 Å². The maximum atomic E-state index is 4.45. The van der Waals surface area contributed by atoms with Gasteiger partial charge in [-0.1, -0.05) is 20.8 Å². The van der Waals surface area contributed by atoms with Crippen LogP contribution in [-0.2, 0) is 13.5 Å². The highest BCUT2D eigenvalue weighted by Gasteiger charge is 2.32. The van der Waals surface area contributed by atoms with Gasteiger partial charge in [0.05, 0.1) is 13.1 Å². The summed E-state index contributed by atoms with van der Waals surface area (Å²) in [5.74, 6) is 1.25. The summed E-state index contributed by atoms with van der Waals surface area (Å²) in [6, 6.07) is 0.665. The van der Waals surface area contributed by atoms with Crippen LogP contribution in [0.4, 0.5) is 0 Å². The van der Waals surface area contributed by atoms with Crippen molar-refractivity contribution in [2.45, 2.75) is 46.1 Å². The van der Waals surface area contributed by atoms with E-state index in [0.29, 0.717) is 11.5 Å². The van der Waals surface area contributed by atoms with Crippen molar-refractivity contribution in [2.24, 2.45) is 12.5 Å². The van der Waals surface area contributed by atoms with Crippen molar-refractivity contribution in [3.63, 3.8) is 0 Å². The third-order valence-corrected chi connectivity index (χ3v) is 2.81. The van der Waals surface area contributed by atoms with E-state index in [2.05, 4.69) is 36.8 Å². The Morgan fingerprint density at radius 3 is 2.93 bits per heavy atom. The first-order chi connectivity index (χ1) is 6.46. The van der Waals surface area contributed by atoms with Gasteiger partial charge in [-0.2, -0.15) is 0 Å². The molecule has 0 amide bonds. The van der Waals surface area contributed by atoms with E-state index in [9.17, 15) is 0 Å². The molecule has 1 atom stereocenters. The van der Waals surface area contributed by atoms with E-state index < -0.39 is 0 Å². The quantitative estimate of drug-likeness (QED) is 0.623. The second-order valence-electron chi connectivity index (χ2n) is 5.57. The summed E-state index contributed by atoms with van der Waals surface area (Å²) < 4.78 is 4.27. The van der Waals surface area contributed by atoms with Gasteiger partial charge in [0.15, 0.2) is 0 Å². The van der Waals surface area contributed by atoms with Crippen LogP contribution in [0.15, 0.2) is 6.33 Å². The van der Waals surface area contributed by atoms with Gasteiger partial charge in [-0.15, -0.1) is 4.68 Å². The molecule has 3 nitrogen and oxygen atoms in total. The topological polar surface area (TPSA) is 21.7 Å². The zero-order valence-electron chi connectivity index (χ0n) is 9.62. The van der Waals surface area contributed by atoms with Gasteiger partial charge in [0.25, 0.3) is 5.82 Å². The third-order valence-electron chi connectivity index (χ3n) is 2.81. The van der Waals surface area contributed by atoms with Crippen LogP contribution in [0.2, 0.25) is 0 Å². The molecule has 0 aliphatic carbocycles. The predicted molar refractivity (Wildman–Crippen MR) is 54.8 cm³/mol. The van der Waals surface area contributed by atoms with Crippen LogP contribution in [-0.4, -0.2) is 9.78 Å². The standard InChI is InChI=1S/C11H20N3/c1-11(2,3)7-9-5-6-10-12-13(4)8-14(9)10/h8-9H,5-7H2,1-4H3/q+1/t9-/m1/s1. The summed E-state index contributed by atoms with van der Waals surface area (Å²) in [6.45, 7) is 6.92. The summed E-state index contributed by atoms with van der Waals surface area (Å²) in [4.78, 5) is 0. The molecule has 2 rings (SSSR count). The number of aryl methyl sites for hydroxylation is 2. The van der Waals surface area contributed by atoms with E-state index in [1.807, 2.05) is 11.7 Å². The second kappa shape index (κ2) is 3.07. The first kappa shape index (κ1) is 9.69. The molecule has 78 valence electrons. The zero-order valence-corrected chi connectivity index (χ0v) is 9.62. The van der Waals surface area contributed by atoms with Crippen molar-refractivity contribution in [2.75, 3.05) is 0 Å². The largest absolute Gasteiger partial charge is 0.277 e. The molecule has 3 heteroatoms. The van der Waals surface area contributed by atoms with E-state index in [1.54, 1.807) is 0 Å². The third kappa shape index (κ3) is 1.81. The van der Waals surface area contributed by atoms with Crippen LogP contribution in [0.5, 0.6) is 0 Å². The Hall–Kier alpha value is -0.860. The molecule has 0 radical (unpaired) electrons. The lowest BCUT2D eigenvalue weighted by molar-refractivity contribution is -0.719. The van der Waals surface area contributed by atoms with Crippen molar-refractivity contribution in [3.05, 3.63) is 12.2 Å². The lowest BCUT2D eigenvalue weighted by atomic mass is 9.87. The van der Waals surface area contributed by atoms with Gasteiger partial charge in [0.1, 0.15) is 0 Å². The van der Waals surface area contributed by atoms with E-state index in [4.69, 9.17) is 0 Å². The Balaban J connectivity index is 2.17. The number of aromatic nitrogens is 3. The molecule has 0 spiro atoms. The monoisotopic (exact) mass is 194 g/mol. The van der Waals surface area contributed by atoms with Crippen LogP contribution in [0.1, 0.15) is 45.5 Å². The fraction of sp³-hybridized carbons (Fsp3) is 0.818. The van der Waals surface area contributed by atoms with E-state index >= 15 is 0 Å². The minimum atomic E-state index is 0.412. The van der Waals surface area contributed by atoms with Gasteiger partial charge in [0, 0.05) is 11.5 Å². The van der Waals surface area contributed by atoms with Crippen LogP contribution in [0.25, 0.3) is 0 Å². The van der Waals surface area contributed by atoms with Crippen LogP contribution < -0.4 is 4.57 Å². The van der Waals surface area contributed by atoms with Gasteiger partial charge in [-0.3, -0.25) is 0 Å². The van der Waals surface area contributed by atoms with Crippen molar-refractivity contribution in [1.29, 1.82) is 0 Å². The summed E-state index contributed by atoms with van der Waals surface area (Å²) in [7, 11) is 2.00. The maximum absolute atomic E-state index is 4.45. The van der Waals surface area contributed by atoms with Crippen molar-refractivity contribution < 1.29 is 4.57 Å². The Kier molecular flexibility index (Phi) is 2.13. The van der Waals surface area contributed by atoms with Gasteiger partial charge in [-0.05, 0) is 18.3 Å². The summed E-state index contributed by atoms with van der Waals surface area (Å²) in [5.41, 5.74) is 0.412. The van der Waals surface area contributed by atoms with Gasteiger partial charge < -0.3 is 0 Å². The lowest BCUT2D eigenvalue weighted by Gasteiger charge is -2.21. The highest BCUT2D eigenvalue weighted by atomic mass is 15.4. The maximum Gasteiger partial charge on any atom is 0.277 e. The smallest absolute Gasteiger partial charge is 0.232 e. The molecule has 0 aromatic carbocycles. The minimum absolute atomic E-state index is 0.412. The molecule has 1 aliphatic heterocycles. The molecule has 14 heavy (non-hydrogen) atoms. The summed E-state index contributed by atoms with van der Waals surface area (Å²) in [5, 5.41) is 4.45. The van der Waals surface area contributed by atoms with Crippen molar-refractivity contribution >= 4 is 0 Å². The Morgan fingerprint density at radius 1 is 1.57 bits per heavy atom. The van der Waals surface area contributed by atoms with Crippen molar-refractivity contribution in [3.8, 4) is 0 Å². The van der Waals surface area contributed by atoms with Gasteiger partial charge in [0.2, 0.25) is 6.33 Å². The first-order valence-electron chi connectivity index (χ1n) is 5.39. The Bertz CT molecular complexity index is 333. The highest BCUT2D eigenvalue weighted by molar-refractivity contribution is 4.81. The number of hydrogen-bond acceptors (Lipinski definition) is 1. The van der Waals surface area contributed by atoms with Crippen LogP contribution in [0, 0.1) is 5.41 Å². The molecule has 0 bridgehead atoms. The molecular weight excluding hydrogens is 174 g/mol. The number of nitrogens with zero attached hydrogens (tertiary/aromatic N) is 3. The molecule has 0 fully saturated rings.